The fourth-order valence-corrected chi connectivity index (χ4v) is 4.92. The van der Waals surface area contributed by atoms with Crippen LogP contribution in [0.5, 0.6) is 0 Å². The molecule has 0 radical (unpaired) electrons. The molecule has 31 heavy (non-hydrogen) atoms. The van der Waals surface area contributed by atoms with E-state index in [9.17, 15) is 4.39 Å². The summed E-state index contributed by atoms with van der Waals surface area (Å²) >= 11 is 0. The summed E-state index contributed by atoms with van der Waals surface area (Å²) in [5.74, 6) is -0.0332. The first kappa shape index (κ1) is 20.1. The van der Waals surface area contributed by atoms with Crippen molar-refractivity contribution in [2.45, 2.75) is 39.3 Å². The summed E-state index contributed by atoms with van der Waals surface area (Å²) in [6, 6.07) is 6.37. The van der Waals surface area contributed by atoms with Gasteiger partial charge in [0.1, 0.15) is 6.33 Å². The summed E-state index contributed by atoms with van der Waals surface area (Å²) in [6.45, 7) is 11.7. The monoisotopic (exact) mass is 417 g/mol. The number of aromatic nitrogens is 3. The van der Waals surface area contributed by atoms with E-state index in [1.807, 2.05) is 6.92 Å². The van der Waals surface area contributed by atoms with Crippen LogP contribution in [-0.4, -0.2) is 39.1 Å². The summed E-state index contributed by atoms with van der Waals surface area (Å²) in [4.78, 5) is 10.9. The van der Waals surface area contributed by atoms with Gasteiger partial charge in [0.25, 0.3) is 0 Å². The Morgan fingerprint density at radius 3 is 2.87 bits per heavy atom. The Morgan fingerprint density at radius 1 is 1.23 bits per heavy atom. The van der Waals surface area contributed by atoms with Gasteiger partial charge in [0.2, 0.25) is 0 Å². The van der Waals surface area contributed by atoms with Crippen molar-refractivity contribution < 1.29 is 4.39 Å². The molecule has 5 rings (SSSR count). The Balaban J connectivity index is 1.31. The van der Waals surface area contributed by atoms with Gasteiger partial charge >= 0.3 is 0 Å². The molecule has 0 bridgehead atoms. The molecule has 1 atom stereocenters. The molecule has 160 valence electrons. The second-order valence-corrected chi connectivity index (χ2v) is 8.72. The van der Waals surface area contributed by atoms with Gasteiger partial charge in [-0.3, -0.25) is 9.47 Å². The number of piperazine rings is 1. The Morgan fingerprint density at radius 2 is 2.10 bits per heavy atom. The molecule has 1 N–H and O–H groups in total. The fraction of sp³-hybridized carbons (Fsp3) is 0.360. The number of hydrogen-bond acceptors (Lipinski definition) is 4. The van der Waals surface area contributed by atoms with Gasteiger partial charge in [0.05, 0.1) is 5.69 Å². The highest BCUT2D eigenvalue weighted by molar-refractivity contribution is 5.72. The second kappa shape index (κ2) is 8.02. The predicted octanol–water partition coefficient (Wildman–Crippen LogP) is 4.13. The molecule has 6 heteroatoms. The zero-order valence-corrected chi connectivity index (χ0v) is 18.2. The summed E-state index contributed by atoms with van der Waals surface area (Å²) in [5.41, 5.74) is 8.54. The van der Waals surface area contributed by atoms with E-state index in [2.05, 4.69) is 45.8 Å². The van der Waals surface area contributed by atoms with Gasteiger partial charge in [0.15, 0.2) is 11.6 Å². The van der Waals surface area contributed by atoms with Crippen molar-refractivity contribution in [3.8, 4) is 5.82 Å². The third-order valence-corrected chi connectivity index (χ3v) is 6.57. The summed E-state index contributed by atoms with van der Waals surface area (Å²) in [7, 11) is 0. The van der Waals surface area contributed by atoms with Crippen LogP contribution in [0.2, 0.25) is 0 Å². The maximum atomic E-state index is 14.7. The van der Waals surface area contributed by atoms with Crippen LogP contribution in [0.1, 0.15) is 46.0 Å². The minimum Gasteiger partial charge on any atom is -0.308 e. The number of imidazole rings is 1. The molecule has 0 unspecified atom stereocenters. The summed E-state index contributed by atoms with van der Waals surface area (Å²) < 4.78 is 16.3. The number of benzene rings is 1. The lowest BCUT2D eigenvalue weighted by Gasteiger charge is -2.35. The Labute approximate surface area is 182 Å². The highest BCUT2D eigenvalue weighted by atomic mass is 19.1. The SMILES string of the molecule is C=C1CCc2c1ccc([C@@H]1CN(Cc3cnc(-n4cnc(C)c4)c(F)c3)CCN1)c2C. The molecule has 0 spiro atoms. The van der Waals surface area contributed by atoms with E-state index < -0.39 is 0 Å². The molecule has 1 aromatic carbocycles. The lowest BCUT2D eigenvalue weighted by atomic mass is 9.92. The molecular weight excluding hydrogens is 389 g/mol. The number of aryl methyl sites for hydroxylation is 1. The number of allylic oxidation sites excluding steroid dienone is 1. The molecule has 1 saturated heterocycles. The highest BCUT2D eigenvalue weighted by Crippen LogP contribution is 2.36. The van der Waals surface area contributed by atoms with Crippen LogP contribution in [0.3, 0.4) is 0 Å². The number of nitrogens with zero attached hydrogens (tertiary/aromatic N) is 4. The minimum absolute atomic E-state index is 0.277. The maximum Gasteiger partial charge on any atom is 0.174 e. The quantitative estimate of drug-likeness (QED) is 0.693. The Hall–Kier alpha value is -2.83. The highest BCUT2D eigenvalue weighted by Gasteiger charge is 2.26. The van der Waals surface area contributed by atoms with Crippen LogP contribution in [0.25, 0.3) is 11.4 Å². The van der Waals surface area contributed by atoms with E-state index in [1.165, 1.54) is 27.8 Å². The van der Waals surface area contributed by atoms with Crippen molar-refractivity contribution in [2.75, 3.05) is 19.6 Å². The van der Waals surface area contributed by atoms with Gasteiger partial charge in [-0.2, -0.15) is 0 Å². The molecule has 2 aromatic heterocycles. The zero-order chi connectivity index (χ0) is 21.5. The average molecular weight is 418 g/mol. The largest absolute Gasteiger partial charge is 0.308 e. The first-order chi connectivity index (χ1) is 15.0. The smallest absolute Gasteiger partial charge is 0.174 e. The molecule has 0 saturated carbocycles. The third-order valence-electron chi connectivity index (χ3n) is 6.57. The van der Waals surface area contributed by atoms with Gasteiger partial charge in [-0.25, -0.2) is 14.4 Å². The molecule has 3 heterocycles. The van der Waals surface area contributed by atoms with Crippen molar-refractivity contribution in [1.82, 2.24) is 24.8 Å². The molecule has 3 aromatic rings. The van der Waals surface area contributed by atoms with Gasteiger partial charge in [0, 0.05) is 44.6 Å². The third kappa shape index (κ3) is 3.82. The average Bonchev–Trinajstić information content (AvgIpc) is 3.35. The first-order valence-corrected chi connectivity index (χ1v) is 10.9. The van der Waals surface area contributed by atoms with Gasteiger partial charge in [-0.05, 0) is 66.1 Å². The Bertz CT molecular complexity index is 1150. The van der Waals surface area contributed by atoms with Crippen LogP contribution in [0.4, 0.5) is 4.39 Å². The number of rotatable bonds is 4. The summed E-state index contributed by atoms with van der Waals surface area (Å²) in [6.07, 6.45) is 7.31. The lowest BCUT2D eigenvalue weighted by molar-refractivity contribution is 0.192. The maximum absolute atomic E-state index is 14.7. The standard InChI is InChI=1S/C25H28FN5/c1-16-4-5-21-18(3)22(7-6-20(16)21)24-14-30(9-8-27-24)13-19-10-23(26)25(28-11-19)31-12-17(2)29-15-31/h6-7,10-12,15,24,27H,1,4-5,8-9,13-14H2,2-3H3/t24-/m0/s1. The van der Waals surface area contributed by atoms with Crippen molar-refractivity contribution in [3.05, 3.63) is 82.8 Å². The van der Waals surface area contributed by atoms with Crippen LogP contribution >= 0.6 is 0 Å². The normalized spacial score (nSPS) is 19.1. The fourth-order valence-electron chi connectivity index (χ4n) is 4.92. The van der Waals surface area contributed by atoms with Crippen LogP contribution in [0.15, 0.2) is 43.5 Å². The Kier molecular flexibility index (Phi) is 5.20. The van der Waals surface area contributed by atoms with Crippen molar-refractivity contribution in [2.24, 2.45) is 0 Å². The molecular formula is C25H28FN5. The topological polar surface area (TPSA) is 46.0 Å². The van der Waals surface area contributed by atoms with E-state index in [4.69, 9.17) is 0 Å². The first-order valence-electron chi connectivity index (χ1n) is 10.9. The van der Waals surface area contributed by atoms with E-state index in [1.54, 1.807) is 29.4 Å². The molecule has 1 fully saturated rings. The van der Waals surface area contributed by atoms with E-state index in [-0.39, 0.29) is 17.7 Å². The number of hydrogen-bond donors (Lipinski definition) is 1. The molecule has 1 aliphatic heterocycles. The van der Waals surface area contributed by atoms with Crippen LogP contribution in [-0.2, 0) is 13.0 Å². The van der Waals surface area contributed by atoms with Crippen LogP contribution in [0, 0.1) is 19.7 Å². The lowest BCUT2D eigenvalue weighted by Crippen LogP contribution is -2.45. The minimum atomic E-state index is -0.323. The van der Waals surface area contributed by atoms with Gasteiger partial charge in [-0.1, -0.05) is 18.7 Å². The zero-order valence-electron chi connectivity index (χ0n) is 18.2. The van der Waals surface area contributed by atoms with Crippen molar-refractivity contribution >= 4 is 5.57 Å². The molecule has 0 amide bonds. The number of pyridine rings is 1. The van der Waals surface area contributed by atoms with E-state index in [0.717, 1.165) is 43.7 Å². The number of fused-ring (bicyclic) bond motifs is 1. The van der Waals surface area contributed by atoms with E-state index in [0.29, 0.717) is 6.54 Å². The van der Waals surface area contributed by atoms with Gasteiger partial charge < -0.3 is 5.32 Å². The second-order valence-electron chi connectivity index (χ2n) is 8.72. The van der Waals surface area contributed by atoms with Crippen LogP contribution < -0.4 is 5.32 Å². The van der Waals surface area contributed by atoms with Crippen molar-refractivity contribution in [1.29, 1.82) is 0 Å². The summed E-state index contributed by atoms with van der Waals surface area (Å²) in [5, 5.41) is 3.67. The molecule has 2 aliphatic rings. The van der Waals surface area contributed by atoms with E-state index >= 15 is 0 Å². The predicted molar refractivity (Wildman–Crippen MR) is 121 cm³/mol. The number of halogens is 1. The van der Waals surface area contributed by atoms with Gasteiger partial charge in [-0.15, -0.1) is 0 Å². The molecule has 5 nitrogen and oxygen atoms in total. The number of nitrogens with one attached hydrogen (secondary N) is 1. The van der Waals surface area contributed by atoms with Crippen molar-refractivity contribution in [3.63, 3.8) is 0 Å². The molecule has 1 aliphatic carbocycles.